The monoisotopic (exact) mass is 487 g/mol. The predicted molar refractivity (Wildman–Crippen MR) is 144 cm³/mol. The van der Waals surface area contributed by atoms with Gasteiger partial charge in [0.1, 0.15) is 11.8 Å². The van der Waals surface area contributed by atoms with Crippen LogP contribution in [0.5, 0.6) is 0 Å². The van der Waals surface area contributed by atoms with Crippen molar-refractivity contribution in [2.45, 2.75) is 130 Å². The van der Waals surface area contributed by atoms with E-state index in [1.807, 2.05) is 26.8 Å². The van der Waals surface area contributed by atoms with Crippen LogP contribution in [0.1, 0.15) is 128 Å². The Balaban J connectivity index is 2.46. The molecule has 1 unspecified atom stereocenters. The highest BCUT2D eigenvalue weighted by atomic mass is 16.6. The third kappa shape index (κ3) is 7.10. The molecule has 1 amide bonds. The molecule has 1 saturated heterocycles. The van der Waals surface area contributed by atoms with Crippen LogP contribution in [0.3, 0.4) is 0 Å². The Morgan fingerprint density at radius 1 is 1.06 bits per heavy atom. The van der Waals surface area contributed by atoms with Crippen molar-refractivity contribution >= 4 is 6.09 Å². The van der Waals surface area contributed by atoms with Crippen LogP contribution >= 0.6 is 0 Å². The first-order chi connectivity index (χ1) is 16.2. The second-order valence-electron chi connectivity index (χ2n) is 11.8. The standard InChI is InChI=1S/C30H49NO4/c1-13-14-25-26(17-27(33-12)31(25)29(32)35-30(9,10)11)34-21(8)28-23(19(4)5)15-22(18(2)3)16-24(28)20(6)7/h13,15-16,18-21,25-27H,1,14,17H2,2-12H3/t21-,25+,26+,27?/m0/s1. The molecule has 35 heavy (non-hydrogen) atoms. The maximum absolute atomic E-state index is 13.1. The summed E-state index contributed by atoms with van der Waals surface area (Å²) in [4.78, 5) is 14.8. The van der Waals surface area contributed by atoms with Gasteiger partial charge in [-0.1, -0.05) is 59.8 Å². The zero-order chi connectivity index (χ0) is 26.7. The first-order valence-corrected chi connectivity index (χ1v) is 13.2. The van der Waals surface area contributed by atoms with E-state index in [2.05, 4.69) is 67.2 Å². The summed E-state index contributed by atoms with van der Waals surface area (Å²) in [6, 6.07) is 4.52. The number of carbonyl (C=O) groups excluding carboxylic acids is 1. The summed E-state index contributed by atoms with van der Waals surface area (Å²) in [5.41, 5.74) is 4.75. The summed E-state index contributed by atoms with van der Waals surface area (Å²) in [7, 11) is 1.64. The Morgan fingerprint density at radius 2 is 1.60 bits per heavy atom. The van der Waals surface area contributed by atoms with Gasteiger partial charge in [-0.25, -0.2) is 4.79 Å². The average molecular weight is 488 g/mol. The molecule has 1 heterocycles. The van der Waals surface area contributed by atoms with E-state index in [-0.39, 0.29) is 24.3 Å². The van der Waals surface area contributed by atoms with Crippen LogP contribution in [0.25, 0.3) is 0 Å². The zero-order valence-corrected chi connectivity index (χ0v) is 24.0. The number of hydrogen-bond acceptors (Lipinski definition) is 4. The van der Waals surface area contributed by atoms with Crippen molar-refractivity contribution < 1.29 is 19.0 Å². The predicted octanol–water partition coefficient (Wildman–Crippen LogP) is 8.06. The zero-order valence-electron chi connectivity index (χ0n) is 24.0. The van der Waals surface area contributed by atoms with Gasteiger partial charge in [-0.2, -0.15) is 0 Å². The lowest BCUT2D eigenvalue weighted by Crippen LogP contribution is -2.46. The summed E-state index contributed by atoms with van der Waals surface area (Å²) in [6.07, 6.45) is 1.96. The highest BCUT2D eigenvalue weighted by Gasteiger charge is 2.46. The van der Waals surface area contributed by atoms with Crippen molar-refractivity contribution in [1.29, 1.82) is 0 Å². The Labute approximate surface area is 214 Å². The first-order valence-electron chi connectivity index (χ1n) is 13.2. The van der Waals surface area contributed by atoms with Gasteiger partial charge in [-0.15, -0.1) is 6.58 Å². The molecule has 5 nitrogen and oxygen atoms in total. The third-order valence-electron chi connectivity index (χ3n) is 6.78. The number of rotatable bonds is 9. The molecule has 1 aliphatic rings. The molecule has 5 heteroatoms. The quantitative estimate of drug-likeness (QED) is 0.330. The summed E-state index contributed by atoms with van der Waals surface area (Å²) in [6.45, 7) is 25.2. The van der Waals surface area contributed by atoms with Gasteiger partial charge < -0.3 is 14.2 Å². The van der Waals surface area contributed by atoms with Crippen LogP contribution in [-0.2, 0) is 14.2 Å². The molecule has 0 aromatic heterocycles. The van der Waals surface area contributed by atoms with Crippen molar-refractivity contribution in [1.82, 2.24) is 4.90 Å². The number of methoxy groups -OCH3 is 1. The van der Waals surface area contributed by atoms with Crippen molar-refractivity contribution in [2.75, 3.05) is 7.11 Å². The molecule has 0 spiro atoms. The molecule has 1 aromatic rings. The lowest BCUT2D eigenvalue weighted by Gasteiger charge is -2.33. The van der Waals surface area contributed by atoms with E-state index in [9.17, 15) is 4.79 Å². The maximum atomic E-state index is 13.1. The van der Waals surface area contributed by atoms with Gasteiger partial charge >= 0.3 is 6.09 Å². The summed E-state index contributed by atoms with van der Waals surface area (Å²) in [5, 5.41) is 0. The highest BCUT2D eigenvalue weighted by molar-refractivity contribution is 5.69. The van der Waals surface area contributed by atoms with Crippen LogP contribution < -0.4 is 0 Å². The van der Waals surface area contributed by atoms with Gasteiger partial charge in [0.2, 0.25) is 0 Å². The largest absolute Gasteiger partial charge is 0.444 e. The normalized spacial score (nSPS) is 21.8. The molecule has 2 rings (SSSR count). The number of nitrogens with zero attached hydrogens (tertiary/aromatic N) is 1. The third-order valence-corrected chi connectivity index (χ3v) is 6.78. The minimum absolute atomic E-state index is 0.126. The molecule has 0 aliphatic carbocycles. The minimum atomic E-state index is -0.586. The molecular weight excluding hydrogens is 438 g/mol. The SMILES string of the molecule is C=CC[C@@H]1[C@H](O[C@@H](C)c2c(C(C)C)cc(C(C)C)cc2C(C)C)CC(OC)N1C(=O)OC(C)(C)C. The molecule has 198 valence electrons. The number of likely N-dealkylation sites (tertiary alicyclic amines) is 1. The van der Waals surface area contributed by atoms with Gasteiger partial charge in [0.05, 0.1) is 18.2 Å². The number of hydrogen-bond donors (Lipinski definition) is 0. The molecule has 0 radical (unpaired) electrons. The van der Waals surface area contributed by atoms with E-state index in [4.69, 9.17) is 14.2 Å². The molecule has 4 atom stereocenters. The number of carbonyl (C=O) groups is 1. The fourth-order valence-corrected chi connectivity index (χ4v) is 5.03. The van der Waals surface area contributed by atoms with Crippen molar-refractivity contribution in [2.24, 2.45) is 0 Å². The van der Waals surface area contributed by atoms with Gasteiger partial charge in [0.15, 0.2) is 0 Å². The number of amides is 1. The Kier molecular flexibility index (Phi) is 10.0. The van der Waals surface area contributed by atoms with E-state index in [0.717, 1.165) is 0 Å². The van der Waals surface area contributed by atoms with E-state index < -0.39 is 11.8 Å². The summed E-state index contributed by atoms with van der Waals surface area (Å²) >= 11 is 0. The first kappa shape index (κ1) is 29.4. The van der Waals surface area contributed by atoms with Crippen LogP contribution in [-0.4, -0.2) is 42.1 Å². The lowest BCUT2D eigenvalue weighted by atomic mass is 9.82. The second-order valence-corrected chi connectivity index (χ2v) is 11.8. The Hall–Kier alpha value is -1.85. The van der Waals surface area contributed by atoms with Crippen molar-refractivity contribution in [3.63, 3.8) is 0 Å². The number of benzene rings is 1. The van der Waals surface area contributed by atoms with Crippen LogP contribution in [0.15, 0.2) is 24.8 Å². The van der Waals surface area contributed by atoms with Crippen molar-refractivity contribution in [3.8, 4) is 0 Å². The molecule has 1 aliphatic heterocycles. The molecule has 0 bridgehead atoms. The molecule has 1 fully saturated rings. The van der Waals surface area contributed by atoms with Crippen LogP contribution in [0.2, 0.25) is 0 Å². The van der Waals surface area contributed by atoms with Crippen LogP contribution in [0.4, 0.5) is 4.79 Å². The van der Waals surface area contributed by atoms with E-state index in [0.29, 0.717) is 30.6 Å². The lowest BCUT2D eigenvalue weighted by molar-refractivity contribution is -0.0455. The summed E-state index contributed by atoms with van der Waals surface area (Å²) < 4.78 is 18.3. The van der Waals surface area contributed by atoms with E-state index >= 15 is 0 Å². The highest BCUT2D eigenvalue weighted by Crippen LogP contribution is 2.40. The van der Waals surface area contributed by atoms with Crippen molar-refractivity contribution in [3.05, 3.63) is 47.0 Å². The van der Waals surface area contributed by atoms with Gasteiger partial charge in [-0.05, 0) is 74.1 Å². The van der Waals surface area contributed by atoms with Gasteiger partial charge in [-0.3, -0.25) is 4.90 Å². The second kappa shape index (κ2) is 11.9. The van der Waals surface area contributed by atoms with E-state index in [1.54, 1.807) is 12.0 Å². The van der Waals surface area contributed by atoms with Crippen LogP contribution in [0, 0.1) is 0 Å². The number of ether oxygens (including phenoxy) is 3. The summed E-state index contributed by atoms with van der Waals surface area (Å²) in [5.74, 6) is 1.22. The topological polar surface area (TPSA) is 48.0 Å². The fourth-order valence-electron chi connectivity index (χ4n) is 5.03. The minimum Gasteiger partial charge on any atom is -0.444 e. The average Bonchev–Trinajstić information content (AvgIpc) is 3.08. The molecule has 1 aromatic carbocycles. The van der Waals surface area contributed by atoms with Gasteiger partial charge in [0, 0.05) is 13.5 Å². The molecular formula is C30H49NO4. The Morgan fingerprint density at radius 3 is 2.00 bits per heavy atom. The van der Waals surface area contributed by atoms with Gasteiger partial charge in [0.25, 0.3) is 0 Å². The smallest absolute Gasteiger partial charge is 0.412 e. The fraction of sp³-hybridized carbons (Fsp3) is 0.700. The Bertz CT molecular complexity index is 839. The molecule has 0 saturated carbocycles. The maximum Gasteiger partial charge on any atom is 0.412 e. The van der Waals surface area contributed by atoms with E-state index in [1.165, 1.54) is 22.3 Å². The molecule has 0 N–H and O–H groups in total.